The first-order valence-corrected chi connectivity index (χ1v) is 19.8. The van der Waals surface area contributed by atoms with E-state index in [1.54, 1.807) is 0 Å². The Morgan fingerprint density at radius 1 is 0.443 bits per heavy atom. The summed E-state index contributed by atoms with van der Waals surface area (Å²) in [4.78, 5) is 14.3. The lowest BCUT2D eigenvalue weighted by Gasteiger charge is -2.21. The standard InChI is InChI=1S/C55H32N6/c1-58-44-22-13-21-40(29-44)48-32-43(55-59-50(37-15-4-2-5-16-37)33-51(60-55)38-17-6-3-7-18-38)31-47(39-20-12-14-36(28-39)34-56)54(48)61-52-25-11-10-24-46(52)49-30-41(26-27-53(49)61)45-23-9-8-19-42(45)35-57/h2-33H. The van der Waals surface area contributed by atoms with Gasteiger partial charge in [0, 0.05) is 38.6 Å². The highest BCUT2D eigenvalue weighted by Crippen LogP contribution is 2.45. The highest BCUT2D eigenvalue weighted by atomic mass is 15.0. The van der Waals surface area contributed by atoms with Gasteiger partial charge in [0.05, 0.1) is 57.9 Å². The molecule has 282 valence electrons. The second-order valence-electron chi connectivity index (χ2n) is 14.7. The predicted octanol–water partition coefficient (Wildman–Crippen LogP) is 13.9. The number of hydrogen-bond acceptors (Lipinski definition) is 4. The maximum absolute atomic E-state index is 10.2. The first-order chi connectivity index (χ1) is 30.1. The van der Waals surface area contributed by atoms with Crippen LogP contribution >= 0.6 is 0 Å². The van der Waals surface area contributed by atoms with E-state index in [2.05, 4.69) is 88.3 Å². The van der Waals surface area contributed by atoms with Crippen LogP contribution in [-0.2, 0) is 0 Å². The Labute approximate surface area is 353 Å². The molecule has 0 aliphatic rings. The molecule has 0 saturated carbocycles. The molecule has 0 bridgehead atoms. The molecule has 6 heteroatoms. The fourth-order valence-corrected chi connectivity index (χ4v) is 8.25. The number of nitriles is 2. The van der Waals surface area contributed by atoms with Crippen LogP contribution in [-0.4, -0.2) is 14.5 Å². The maximum Gasteiger partial charge on any atom is 0.187 e. The molecule has 10 aromatic rings. The van der Waals surface area contributed by atoms with Gasteiger partial charge in [0.15, 0.2) is 11.5 Å². The molecule has 0 fully saturated rings. The van der Waals surface area contributed by atoms with Gasteiger partial charge in [-0.2, -0.15) is 10.5 Å². The van der Waals surface area contributed by atoms with Crippen LogP contribution in [0.25, 0.3) is 99.6 Å². The van der Waals surface area contributed by atoms with Gasteiger partial charge in [-0.25, -0.2) is 14.8 Å². The summed E-state index contributed by atoms with van der Waals surface area (Å²) < 4.78 is 2.29. The maximum atomic E-state index is 10.2. The van der Waals surface area contributed by atoms with Gasteiger partial charge in [-0.1, -0.05) is 133 Å². The third kappa shape index (κ3) is 6.65. The first-order valence-electron chi connectivity index (χ1n) is 19.8. The molecule has 2 heterocycles. The number of nitrogens with zero attached hydrogens (tertiary/aromatic N) is 6. The summed E-state index contributed by atoms with van der Waals surface area (Å²) in [6.07, 6.45) is 0. The third-order valence-corrected chi connectivity index (χ3v) is 11.1. The van der Waals surface area contributed by atoms with E-state index in [9.17, 15) is 10.5 Å². The number of benzene rings is 8. The zero-order valence-electron chi connectivity index (χ0n) is 32.7. The van der Waals surface area contributed by atoms with Crippen molar-refractivity contribution in [1.82, 2.24) is 14.5 Å². The van der Waals surface area contributed by atoms with Gasteiger partial charge < -0.3 is 4.57 Å². The molecule has 0 atom stereocenters. The zero-order chi connectivity index (χ0) is 41.3. The number of rotatable bonds is 7. The highest BCUT2D eigenvalue weighted by Gasteiger charge is 2.24. The molecule has 10 rings (SSSR count). The molecule has 0 spiro atoms. The molecule has 0 N–H and O–H groups in total. The molecule has 0 saturated heterocycles. The lowest BCUT2D eigenvalue weighted by atomic mass is 9.91. The van der Waals surface area contributed by atoms with Crippen LogP contribution in [0.3, 0.4) is 0 Å². The van der Waals surface area contributed by atoms with Crippen molar-refractivity contribution in [2.45, 2.75) is 0 Å². The molecule has 0 amide bonds. The van der Waals surface area contributed by atoms with E-state index in [1.165, 1.54) is 0 Å². The van der Waals surface area contributed by atoms with Crippen molar-refractivity contribution in [3.8, 4) is 85.1 Å². The minimum absolute atomic E-state index is 0.513. The van der Waals surface area contributed by atoms with Gasteiger partial charge in [0.2, 0.25) is 0 Å². The van der Waals surface area contributed by atoms with E-state index in [-0.39, 0.29) is 0 Å². The van der Waals surface area contributed by atoms with Gasteiger partial charge in [-0.3, -0.25) is 0 Å². The topological polar surface area (TPSA) is 82.7 Å². The summed E-state index contributed by atoms with van der Waals surface area (Å²) in [5.74, 6) is 0.537. The molecule has 0 aliphatic heterocycles. The minimum Gasteiger partial charge on any atom is -0.308 e. The van der Waals surface area contributed by atoms with Crippen molar-refractivity contribution in [3.63, 3.8) is 0 Å². The van der Waals surface area contributed by atoms with Crippen molar-refractivity contribution < 1.29 is 0 Å². The normalized spacial score (nSPS) is 10.9. The lowest BCUT2D eigenvalue weighted by Crippen LogP contribution is -2.03. The average molecular weight is 777 g/mol. The summed E-state index contributed by atoms with van der Waals surface area (Å²) in [6, 6.07) is 69.0. The van der Waals surface area contributed by atoms with Crippen LogP contribution in [0.1, 0.15) is 11.1 Å². The van der Waals surface area contributed by atoms with Crippen LogP contribution < -0.4 is 0 Å². The fourth-order valence-electron chi connectivity index (χ4n) is 8.25. The Bertz CT molecular complexity index is 3320. The van der Waals surface area contributed by atoms with Crippen LogP contribution in [0.15, 0.2) is 194 Å². The largest absolute Gasteiger partial charge is 0.308 e. The molecule has 0 radical (unpaired) electrons. The van der Waals surface area contributed by atoms with E-state index in [1.807, 2.05) is 127 Å². The van der Waals surface area contributed by atoms with Crippen molar-refractivity contribution in [1.29, 1.82) is 10.5 Å². The van der Waals surface area contributed by atoms with Crippen molar-refractivity contribution in [2.24, 2.45) is 0 Å². The molecule has 8 aromatic carbocycles. The summed E-state index contributed by atoms with van der Waals surface area (Å²) >= 11 is 0. The molecule has 0 unspecified atom stereocenters. The molecular weight excluding hydrogens is 745 g/mol. The molecular formula is C55H32N6. The summed E-state index contributed by atoms with van der Waals surface area (Å²) in [5.41, 5.74) is 13.9. The van der Waals surface area contributed by atoms with E-state index in [4.69, 9.17) is 16.5 Å². The van der Waals surface area contributed by atoms with Gasteiger partial charge >= 0.3 is 0 Å². The summed E-state index contributed by atoms with van der Waals surface area (Å²) in [7, 11) is 0. The van der Waals surface area contributed by atoms with Crippen LogP contribution in [0, 0.1) is 29.2 Å². The van der Waals surface area contributed by atoms with E-state index in [0.29, 0.717) is 22.6 Å². The second kappa shape index (κ2) is 15.5. The quantitative estimate of drug-likeness (QED) is 0.151. The Morgan fingerprint density at radius 3 is 1.72 bits per heavy atom. The number of fused-ring (bicyclic) bond motifs is 3. The predicted molar refractivity (Wildman–Crippen MR) is 245 cm³/mol. The van der Waals surface area contributed by atoms with Crippen LogP contribution in [0.5, 0.6) is 0 Å². The Morgan fingerprint density at radius 2 is 1.03 bits per heavy atom. The third-order valence-electron chi connectivity index (χ3n) is 11.1. The highest BCUT2D eigenvalue weighted by molar-refractivity contribution is 6.12. The Hall–Kier alpha value is -8.89. The SMILES string of the molecule is [C-]#[N+]c1cccc(-c2cc(-c3nc(-c4ccccc4)cc(-c4ccccc4)n3)cc(-c3cccc(C#N)c3)c2-n2c3ccccc3c3cc(-c4ccccc4C#N)ccc32)c1. The lowest BCUT2D eigenvalue weighted by molar-refractivity contribution is 1.17. The summed E-state index contributed by atoms with van der Waals surface area (Å²) in [5, 5.41) is 22.3. The Kier molecular flexibility index (Phi) is 9.24. The van der Waals surface area contributed by atoms with Crippen molar-refractivity contribution in [3.05, 3.63) is 217 Å². The molecule has 61 heavy (non-hydrogen) atoms. The number of hydrogen-bond donors (Lipinski definition) is 0. The average Bonchev–Trinajstić information content (AvgIpc) is 3.67. The van der Waals surface area contributed by atoms with Gasteiger partial charge in [-0.05, 0) is 82.9 Å². The smallest absolute Gasteiger partial charge is 0.187 e. The molecule has 2 aromatic heterocycles. The van der Waals surface area contributed by atoms with Crippen LogP contribution in [0.2, 0.25) is 0 Å². The second-order valence-corrected chi connectivity index (χ2v) is 14.7. The van der Waals surface area contributed by atoms with E-state index in [0.717, 1.165) is 89.0 Å². The summed E-state index contributed by atoms with van der Waals surface area (Å²) in [6.45, 7) is 7.99. The number of para-hydroxylation sites is 1. The first kappa shape index (κ1) is 36.5. The van der Waals surface area contributed by atoms with E-state index >= 15 is 0 Å². The zero-order valence-corrected chi connectivity index (χ0v) is 32.7. The Balaban J connectivity index is 1.33. The minimum atomic E-state index is 0.513. The van der Waals surface area contributed by atoms with Crippen molar-refractivity contribution in [2.75, 3.05) is 0 Å². The van der Waals surface area contributed by atoms with Gasteiger partial charge in [-0.15, -0.1) is 0 Å². The monoisotopic (exact) mass is 776 g/mol. The van der Waals surface area contributed by atoms with Gasteiger partial charge in [0.25, 0.3) is 0 Å². The van der Waals surface area contributed by atoms with Crippen LogP contribution in [0.4, 0.5) is 5.69 Å². The fraction of sp³-hybridized carbons (Fsp3) is 0. The molecule has 6 nitrogen and oxygen atoms in total. The van der Waals surface area contributed by atoms with Gasteiger partial charge in [0.1, 0.15) is 0 Å². The number of aromatic nitrogens is 3. The molecule has 0 aliphatic carbocycles. The van der Waals surface area contributed by atoms with Crippen molar-refractivity contribution >= 4 is 27.5 Å². The van der Waals surface area contributed by atoms with E-state index < -0.39 is 0 Å².